The van der Waals surface area contributed by atoms with Crippen molar-refractivity contribution in [3.8, 4) is 11.5 Å². The van der Waals surface area contributed by atoms with Gasteiger partial charge in [-0.3, -0.25) is 4.79 Å². The van der Waals surface area contributed by atoms with Crippen LogP contribution < -0.4 is 14.8 Å². The van der Waals surface area contributed by atoms with Crippen molar-refractivity contribution in [2.24, 2.45) is 0 Å². The highest BCUT2D eigenvalue weighted by Gasteiger charge is 2.27. The molecule has 0 heterocycles. The summed E-state index contributed by atoms with van der Waals surface area (Å²) in [4.78, 5) is 12.6. The van der Waals surface area contributed by atoms with Crippen molar-refractivity contribution in [3.63, 3.8) is 0 Å². The minimum absolute atomic E-state index is 0.0266. The van der Waals surface area contributed by atoms with Crippen LogP contribution in [0.4, 0.5) is 0 Å². The molecule has 2 rings (SSSR count). The lowest BCUT2D eigenvalue weighted by Gasteiger charge is -2.29. The number of likely N-dealkylation sites (N-methyl/N-ethyl adjacent to an activating group) is 1. The third-order valence-electron chi connectivity index (χ3n) is 5.21. The second-order valence-corrected chi connectivity index (χ2v) is 10.2. The molecule has 2 aromatic carbocycles. The zero-order chi connectivity index (χ0) is 23.2. The van der Waals surface area contributed by atoms with Gasteiger partial charge in [0.05, 0.1) is 25.7 Å². The Balaban J connectivity index is 2.02. The van der Waals surface area contributed by atoms with Gasteiger partial charge in [-0.15, -0.1) is 0 Å². The number of rotatable bonds is 10. The van der Waals surface area contributed by atoms with Gasteiger partial charge >= 0.3 is 0 Å². The van der Waals surface area contributed by atoms with Gasteiger partial charge in [-0.2, -0.15) is 4.31 Å². The van der Waals surface area contributed by atoms with E-state index in [1.165, 1.54) is 45.0 Å². The SMILES string of the molecule is COc1ccc(S(=O)(=O)N(C)CC(=O)N[C@@H](C)CC(C)(C)c2ccccc2)cc1OC. The Morgan fingerprint density at radius 2 is 1.68 bits per heavy atom. The van der Waals surface area contributed by atoms with Gasteiger partial charge in [0.25, 0.3) is 0 Å². The minimum atomic E-state index is -3.87. The average molecular weight is 449 g/mol. The van der Waals surface area contributed by atoms with E-state index in [4.69, 9.17) is 9.47 Å². The van der Waals surface area contributed by atoms with Crippen LogP contribution in [-0.4, -0.2) is 52.5 Å². The van der Waals surface area contributed by atoms with Crippen LogP contribution in [0.1, 0.15) is 32.8 Å². The highest BCUT2D eigenvalue weighted by molar-refractivity contribution is 7.89. The highest BCUT2D eigenvalue weighted by atomic mass is 32.2. The molecule has 0 saturated carbocycles. The molecule has 0 aromatic heterocycles. The van der Waals surface area contributed by atoms with Crippen LogP contribution in [0.2, 0.25) is 0 Å². The predicted octanol–water partition coefficient (Wildman–Crippen LogP) is 3.20. The summed E-state index contributed by atoms with van der Waals surface area (Å²) in [5.41, 5.74) is 1.05. The molecule has 0 bridgehead atoms. The van der Waals surface area contributed by atoms with E-state index in [1.54, 1.807) is 0 Å². The van der Waals surface area contributed by atoms with E-state index in [2.05, 4.69) is 31.3 Å². The fourth-order valence-corrected chi connectivity index (χ4v) is 4.73. The molecular formula is C23H32N2O5S. The maximum atomic E-state index is 12.9. The number of ether oxygens (including phenoxy) is 2. The van der Waals surface area contributed by atoms with E-state index in [-0.39, 0.29) is 28.8 Å². The normalized spacial score (nSPS) is 13.0. The van der Waals surface area contributed by atoms with E-state index < -0.39 is 10.0 Å². The second-order valence-electron chi connectivity index (χ2n) is 8.20. The molecule has 0 saturated heterocycles. The van der Waals surface area contributed by atoms with Gasteiger partial charge in [0, 0.05) is 19.2 Å². The summed E-state index contributed by atoms with van der Waals surface area (Å²) in [5, 5.41) is 2.91. The first kappa shape index (κ1) is 24.7. The molecular weight excluding hydrogens is 416 g/mol. The fourth-order valence-electron chi connectivity index (χ4n) is 3.59. The number of benzene rings is 2. The van der Waals surface area contributed by atoms with Crippen molar-refractivity contribution < 1.29 is 22.7 Å². The molecule has 31 heavy (non-hydrogen) atoms. The van der Waals surface area contributed by atoms with Crippen LogP contribution in [-0.2, 0) is 20.2 Å². The van der Waals surface area contributed by atoms with Crippen molar-refractivity contribution >= 4 is 15.9 Å². The molecule has 0 aliphatic carbocycles. The molecule has 7 nitrogen and oxygen atoms in total. The van der Waals surface area contributed by atoms with Crippen LogP contribution in [0.3, 0.4) is 0 Å². The van der Waals surface area contributed by atoms with Gasteiger partial charge < -0.3 is 14.8 Å². The number of sulfonamides is 1. The van der Waals surface area contributed by atoms with E-state index >= 15 is 0 Å². The highest BCUT2D eigenvalue weighted by Crippen LogP contribution is 2.30. The number of amides is 1. The zero-order valence-corrected chi connectivity index (χ0v) is 19.8. The summed E-state index contributed by atoms with van der Waals surface area (Å²) in [5.74, 6) is 0.373. The van der Waals surface area contributed by atoms with Crippen LogP contribution in [0.25, 0.3) is 0 Å². The summed E-state index contributed by atoms with van der Waals surface area (Å²) in [6.45, 7) is 5.88. The number of nitrogens with one attached hydrogen (secondary N) is 1. The molecule has 0 aliphatic heterocycles. The molecule has 0 fully saturated rings. The molecule has 0 aliphatic rings. The maximum Gasteiger partial charge on any atom is 0.243 e. The third-order valence-corrected chi connectivity index (χ3v) is 7.01. The summed E-state index contributed by atoms with van der Waals surface area (Å²) >= 11 is 0. The molecule has 0 radical (unpaired) electrons. The van der Waals surface area contributed by atoms with Crippen LogP contribution in [0, 0.1) is 0 Å². The van der Waals surface area contributed by atoms with E-state index in [0.717, 1.165) is 10.7 Å². The van der Waals surface area contributed by atoms with Gasteiger partial charge in [0.2, 0.25) is 15.9 Å². The average Bonchev–Trinajstić information content (AvgIpc) is 2.73. The molecule has 170 valence electrons. The molecule has 1 amide bonds. The maximum absolute atomic E-state index is 12.9. The number of hydrogen-bond donors (Lipinski definition) is 1. The topological polar surface area (TPSA) is 84.9 Å². The van der Waals surface area contributed by atoms with E-state index in [9.17, 15) is 13.2 Å². The van der Waals surface area contributed by atoms with Crippen molar-refractivity contribution in [3.05, 3.63) is 54.1 Å². The number of carbonyl (C=O) groups is 1. The van der Waals surface area contributed by atoms with Crippen molar-refractivity contribution in [2.75, 3.05) is 27.8 Å². The molecule has 0 unspecified atom stereocenters. The van der Waals surface area contributed by atoms with Crippen LogP contribution in [0.15, 0.2) is 53.4 Å². The van der Waals surface area contributed by atoms with Crippen molar-refractivity contribution in [2.45, 2.75) is 43.5 Å². The predicted molar refractivity (Wildman–Crippen MR) is 121 cm³/mol. The third kappa shape index (κ3) is 6.21. The van der Waals surface area contributed by atoms with Crippen molar-refractivity contribution in [1.82, 2.24) is 9.62 Å². The standard InChI is InChI=1S/C23H32N2O5S/c1-17(15-23(2,3)18-10-8-7-9-11-18)24-22(26)16-25(4)31(27,28)19-12-13-20(29-5)21(14-19)30-6/h7-14,17H,15-16H2,1-6H3,(H,24,26)/t17-/m0/s1. The number of hydrogen-bond acceptors (Lipinski definition) is 5. The monoisotopic (exact) mass is 448 g/mol. The van der Waals surface area contributed by atoms with Gasteiger partial charge in [-0.1, -0.05) is 44.2 Å². The molecule has 1 atom stereocenters. The van der Waals surface area contributed by atoms with Gasteiger partial charge in [0.15, 0.2) is 11.5 Å². The Labute approximate surface area is 185 Å². The van der Waals surface area contributed by atoms with Crippen LogP contribution in [0.5, 0.6) is 11.5 Å². The van der Waals surface area contributed by atoms with E-state index in [0.29, 0.717) is 11.5 Å². The molecule has 1 N–H and O–H groups in total. The van der Waals surface area contributed by atoms with E-state index in [1.807, 2.05) is 25.1 Å². The Kier molecular flexibility index (Phi) is 8.08. The summed E-state index contributed by atoms with van der Waals surface area (Å²) < 4.78 is 37.1. The van der Waals surface area contributed by atoms with Gasteiger partial charge in [-0.05, 0) is 36.5 Å². The zero-order valence-electron chi connectivity index (χ0n) is 19.0. The lowest BCUT2D eigenvalue weighted by atomic mass is 9.79. The molecule has 0 spiro atoms. The fraction of sp³-hybridized carbons (Fsp3) is 0.435. The lowest BCUT2D eigenvalue weighted by Crippen LogP contribution is -2.43. The first-order valence-corrected chi connectivity index (χ1v) is 11.5. The number of nitrogens with zero attached hydrogens (tertiary/aromatic N) is 1. The molecule has 2 aromatic rings. The minimum Gasteiger partial charge on any atom is -0.493 e. The number of carbonyl (C=O) groups excluding carboxylic acids is 1. The smallest absolute Gasteiger partial charge is 0.243 e. The second kappa shape index (κ2) is 10.2. The summed E-state index contributed by atoms with van der Waals surface area (Å²) in [6, 6.07) is 14.3. The van der Waals surface area contributed by atoms with Gasteiger partial charge in [0.1, 0.15) is 0 Å². The summed E-state index contributed by atoms with van der Waals surface area (Å²) in [7, 11) is 0.420. The first-order valence-electron chi connectivity index (χ1n) is 10.0. The quantitative estimate of drug-likeness (QED) is 0.603. The van der Waals surface area contributed by atoms with Crippen molar-refractivity contribution in [1.29, 1.82) is 0 Å². The van der Waals surface area contributed by atoms with Gasteiger partial charge in [-0.25, -0.2) is 8.42 Å². The number of methoxy groups -OCH3 is 2. The molecule has 8 heteroatoms. The Morgan fingerprint density at radius 3 is 2.26 bits per heavy atom. The Hall–Kier alpha value is -2.58. The van der Waals surface area contributed by atoms with Crippen LogP contribution >= 0.6 is 0 Å². The largest absolute Gasteiger partial charge is 0.493 e. The summed E-state index contributed by atoms with van der Waals surface area (Å²) in [6.07, 6.45) is 0.717. The lowest BCUT2D eigenvalue weighted by molar-refractivity contribution is -0.121. The Bertz CT molecular complexity index is 990. The Morgan fingerprint density at radius 1 is 1.06 bits per heavy atom. The first-order chi connectivity index (χ1) is 14.5.